The average molecular weight is 567 g/mol. The smallest absolute Gasteiger partial charge is 0.338 e. The highest BCUT2D eigenvalue weighted by Crippen LogP contribution is 2.67. The minimum atomic E-state index is -1.88. The molecule has 6 atom stereocenters. The van der Waals surface area contributed by atoms with E-state index in [0.717, 1.165) is 16.7 Å². The number of rotatable bonds is 1. The summed E-state index contributed by atoms with van der Waals surface area (Å²) < 4.78 is 22.5. The zero-order valence-corrected chi connectivity index (χ0v) is 21.8. The normalized spacial score (nSPS) is 33.4. The fraction of sp³-hybridized carbons (Fsp3) is 0.296. The Morgan fingerprint density at radius 2 is 1.80 bits per heavy atom. The van der Waals surface area contributed by atoms with Crippen LogP contribution in [0.1, 0.15) is 22.0 Å². The summed E-state index contributed by atoms with van der Waals surface area (Å²) in [5.41, 5.74) is 0.398. The van der Waals surface area contributed by atoms with Gasteiger partial charge in [-0.05, 0) is 42.0 Å². The Kier molecular flexibility index (Phi) is 5.06. The van der Waals surface area contributed by atoms with Crippen LogP contribution in [0.15, 0.2) is 60.6 Å². The number of hydrogen-bond acceptors (Lipinski definition) is 11. The number of piperazine rings is 1. The van der Waals surface area contributed by atoms with Gasteiger partial charge in [0, 0.05) is 12.6 Å². The molecule has 12 nitrogen and oxygen atoms in total. The van der Waals surface area contributed by atoms with E-state index in [9.17, 15) is 29.7 Å². The van der Waals surface area contributed by atoms with Gasteiger partial charge in [-0.25, -0.2) is 4.79 Å². The van der Waals surface area contributed by atoms with Crippen LogP contribution in [0.4, 0.5) is 0 Å². The fourth-order valence-corrected chi connectivity index (χ4v) is 7.95. The number of ether oxygens (including phenoxy) is 4. The van der Waals surface area contributed by atoms with Gasteiger partial charge in [0.1, 0.15) is 24.4 Å². The molecule has 40 heavy (non-hydrogen) atoms. The van der Waals surface area contributed by atoms with Crippen LogP contribution in [0, 0.1) is 0 Å². The van der Waals surface area contributed by atoms with Crippen LogP contribution < -0.4 is 9.47 Å². The van der Waals surface area contributed by atoms with Crippen molar-refractivity contribution in [2.75, 3.05) is 14.2 Å². The van der Waals surface area contributed by atoms with E-state index in [1.54, 1.807) is 0 Å². The highest BCUT2D eigenvalue weighted by atomic mass is 32.2. The van der Waals surface area contributed by atoms with Crippen LogP contribution in [-0.2, 0) is 19.1 Å². The molecule has 7 bridgehead atoms. The van der Waals surface area contributed by atoms with Crippen LogP contribution >= 0.6 is 11.8 Å². The van der Waals surface area contributed by atoms with Crippen molar-refractivity contribution in [2.24, 2.45) is 0 Å². The summed E-state index contributed by atoms with van der Waals surface area (Å²) in [7, 11) is 2.79. The number of esters is 1. The van der Waals surface area contributed by atoms with E-state index in [1.807, 2.05) is 0 Å². The van der Waals surface area contributed by atoms with Crippen molar-refractivity contribution in [3.05, 3.63) is 71.7 Å². The van der Waals surface area contributed by atoms with E-state index in [0.29, 0.717) is 0 Å². The van der Waals surface area contributed by atoms with Gasteiger partial charge < -0.3 is 44.1 Å². The van der Waals surface area contributed by atoms with Crippen molar-refractivity contribution in [1.82, 2.24) is 9.80 Å². The predicted molar refractivity (Wildman–Crippen MR) is 136 cm³/mol. The number of phenolic OH excluding ortho intramolecular Hbond substituents is 1. The predicted octanol–water partition coefficient (Wildman–Crippen LogP) is 1.38. The molecule has 13 heteroatoms. The molecule has 7 rings (SSSR count). The molecule has 3 fully saturated rings. The zero-order valence-electron chi connectivity index (χ0n) is 21.0. The first-order chi connectivity index (χ1) is 19.1. The number of thioether (sulfide) groups is 1. The number of carbonyl (C=O) groups is 3. The van der Waals surface area contributed by atoms with Gasteiger partial charge in [-0.15, -0.1) is 0 Å². The Balaban J connectivity index is 1.48. The number of nitrogens with zero attached hydrogens (tertiary/aromatic N) is 2. The summed E-state index contributed by atoms with van der Waals surface area (Å²) in [6, 6.07) is 7.25. The van der Waals surface area contributed by atoms with Crippen LogP contribution in [-0.4, -0.2) is 85.1 Å². The molecule has 0 saturated carbocycles. The quantitative estimate of drug-likeness (QED) is 0.429. The maximum atomic E-state index is 14.3. The first kappa shape index (κ1) is 24.8. The topological polar surface area (TPSA) is 155 Å². The van der Waals surface area contributed by atoms with Gasteiger partial charge in [-0.2, -0.15) is 0 Å². The number of benzene rings is 2. The molecule has 0 aromatic heterocycles. The summed E-state index contributed by atoms with van der Waals surface area (Å²) in [5.74, 6) is -2.13. The molecule has 3 N–H and O–H groups in total. The molecule has 0 aliphatic carbocycles. The SMILES string of the molecule is COc1ccc2cc1Oc1cc(ccc1O)C(O)C13SC4(C(=O)N1C)C(O)C1=COC=CC(OC2=O)C1N4C3=O. The molecule has 3 saturated heterocycles. The molecule has 5 heterocycles. The third kappa shape index (κ3) is 2.86. The van der Waals surface area contributed by atoms with Gasteiger partial charge in [0.25, 0.3) is 11.8 Å². The van der Waals surface area contributed by atoms with E-state index in [2.05, 4.69) is 0 Å². The molecular formula is C27H22N2O10S. The van der Waals surface area contributed by atoms with Gasteiger partial charge >= 0.3 is 5.97 Å². The maximum Gasteiger partial charge on any atom is 0.338 e. The Bertz CT molecular complexity index is 1570. The second-order valence-corrected chi connectivity index (χ2v) is 11.4. The summed E-state index contributed by atoms with van der Waals surface area (Å²) in [6.07, 6.45) is -0.376. The van der Waals surface area contributed by atoms with Crippen molar-refractivity contribution >= 4 is 29.5 Å². The highest BCUT2D eigenvalue weighted by molar-refractivity contribution is 8.04. The van der Waals surface area contributed by atoms with Crippen LogP contribution in [0.5, 0.6) is 23.0 Å². The maximum absolute atomic E-state index is 14.3. The van der Waals surface area contributed by atoms with Gasteiger partial charge in [-0.1, -0.05) is 17.8 Å². The van der Waals surface area contributed by atoms with Gasteiger partial charge in [0.2, 0.25) is 9.74 Å². The number of likely N-dealkylation sites (N-methyl/N-ethyl adjacent to an activating group) is 1. The van der Waals surface area contributed by atoms with Crippen LogP contribution in [0.2, 0.25) is 0 Å². The molecule has 2 aromatic carbocycles. The highest BCUT2D eigenvalue weighted by Gasteiger charge is 2.83. The van der Waals surface area contributed by atoms with E-state index < -0.39 is 51.9 Å². The molecule has 0 radical (unpaired) electrons. The Morgan fingerprint density at radius 3 is 2.58 bits per heavy atom. The summed E-state index contributed by atoms with van der Waals surface area (Å²) >= 11 is 0.821. The van der Waals surface area contributed by atoms with E-state index in [4.69, 9.17) is 18.9 Å². The molecule has 5 aliphatic rings. The Labute approximate surface area is 231 Å². The van der Waals surface area contributed by atoms with Crippen molar-refractivity contribution in [3.63, 3.8) is 0 Å². The largest absolute Gasteiger partial charge is 0.504 e. The molecule has 2 aromatic rings. The lowest BCUT2D eigenvalue weighted by atomic mass is 9.95. The number of aliphatic hydroxyl groups excluding tert-OH is 2. The Morgan fingerprint density at radius 1 is 1.00 bits per heavy atom. The molecule has 2 amide bonds. The second-order valence-electron chi connectivity index (χ2n) is 9.93. The molecular weight excluding hydrogens is 544 g/mol. The summed E-state index contributed by atoms with van der Waals surface area (Å²) in [6.45, 7) is 0. The first-order valence-corrected chi connectivity index (χ1v) is 13.1. The number of carbonyl (C=O) groups excluding carboxylic acids is 3. The van der Waals surface area contributed by atoms with Crippen LogP contribution in [0.3, 0.4) is 0 Å². The van der Waals surface area contributed by atoms with Gasteiger partial charge in [0.15, 0.2) is 23.0 Å². The summed E-state index contributed by atoms with van der Waals surface area (Å²) in [4.78, 5) is 40.2. The number of aromatic hydroxyl groups is 1. The molecule has 5 aliphatic heterocycles. The number of aliphatic hydroxyl groups is 2. The van der Waals surface area contributed by atoms with E-state index in [-0.39, 0.29) is 39.7 Å². The molecule has 6 unspecified atom stereocenters. The monoisotopic (exact) mass is 566 g/mol. The lowest BCUT2D eigenvalue weighted by Crippen LogP contribution is -2.67. The third-order valence-electron chi connectivity index (χ3n) is 8.00. The lowest BCUT2D eigenvalue weighted by molar-refractivity contribution is -0.168. The standard InChI is InChI=1S/C27H22N2O10S/c1-28-24(34)27-22(32)14-11-37-8-7-17-20(14)29(27)25(35)26(28,40-27)21(31)12-3-5-15(30)18(9-12)38-19-10-13(23(33)39-17)4-6-16(19)36-2/h3-11,17,20-22,30-32H,1-2H3. The number of amides is 2. The first-order valence-electron chi connectivity index (χ1n) is 12.3. The zero-order chi connectivity index (χ0) is 28.1. The van der Waals surface area contributed by atoms with Gasteiger partial charge in [-0.3, -0.25) is 9.59 Å². The van der Waals surface area contributed by atoms with Gasteiger partial charge in [0.05, 0.1) is 25.2 Å². The number of phenols is 1. The third-order valence-corrected chi connectivity index (χ3v) is 9.89. The molecule has 2 spiro atoms. The number of methoxy groups -OCH3 is 1. The van der Waals surface area contributed by atoms with E-state index in [1.165, 1.54) is 74.1 Å². The average Bonchev–Trinajstić information content (AvgIpc) is 3.37. The Hall–Kier alpha value is -4.20. The number of hydrogen-bond donors (Lipinski definition) is 3. The van der Waals surface area contributed by atoms with Crippen molar-refractivity contribution in [1.29, 1.82) is 0 Å². The summed E-state index contributed by atoms with van der Waals surface area (Å²) in [5, 5.41) is 33.9. The fourth-order valence-electron chi connectivity index (χ4n) is 6.06. The van der Waals surface area contributed by atoms with Crippen molar-refractivity contribution < 1.29 is 48.7 Å². The van der Waals surface area contributed by atoms with E-state index >= 15 is 0 Å². The second kappa shape index (κ2) is 8.16. The minimum Gasteiger partial charge on any atom is -0.504 e. The van der Waals surface area contributed by atoms with Crippen molar-refractivity contribution in [2.45, 2.75) is 34.1 Å². The lowest BCUT2D eigenvalue weighted by Gasteiger charge is -2.42. The number of fused-ring (bicyclic) bond motifs is 4. The van der Waals surface area contributed by atoms with Crippen LogP contribution in [0.25, 0.3) is 0 Å². The van der Waals surface area contributed by atoms with Crippen molar-refractivity contribution in [3.8, 4) is 23.0 Å². The molecule has 206 valence electrons. The minimum absolute atomic E-state index is 0.0645.